The van der Waals surface area contributed by atoms with Gasteiger partial charge in [0.2, 0.25) is 0 Å². The molecule has 0 spiro atoms. The van der Waals surface area contributed by atoms with Crippen molar-refractivity contribution in [3.63, 3.8) is 0 Å². The lowest BCUT2D eigenvalue weighted by molar-refractivity contribution is -0.154. The van der Waals surface area contributed by atoms with Crippen LogP contribution in [0.4, 0.5) is 5.69 Å². The van der Waals surface area contributed by atoms with Crippen LogP contribution in [0.2, 0.25) is 5.02 Å². The number of benzene rings is 1. The molecular weight excluding hydrogens is 268 g/mol. The van der Waals surface area contributed by atoms with Gasteiger partial charge in [0.1, 0.15) is 6.07 Å². The molecule has 5 nitrogen and oxygen atoms in total. The van der Waals surface area contributed by atoms with E-state index < -0.39 is 12.1 Å². The third kappa shape index (κ3) is 2.80. The van der Waals surface area contributed by atoms with Crippen molar-refractivity contribution in [2.45, 2.75) is 6.10 Å². The van der Waals surface area contributed by atoms with Gasteiger partial charge in [-0.3, -0.25) is 0 Å². The zero-order valence-corrected chi connectivity index (χ0v) is 11.2. The minimum atomic E-state index is -0.635. The van der Waals surface area contributed by atoms with Gasteiger partial charge in [-0.2, -0.15) is 5.26 Å². The largest absolute Gasteiger partial charge is 0.467 e. The van der Waals surface area contributed by atoms with Crippen LogP contribution in [-0.4, -0.2) is 38.9 Å². The SMILES string of the molecule is COC(=O)C1CN(c2cccc(Cl)c2C#N)CCO1. The van der Waals surface area contributed by atoms with Gasteiger partial charge in [0, 0.05) is 6.54 Å². The maximum Gasteiger partial charge on any atom is 0.336 e. The van der Waals surface area contributed by atoms with Gasteiger partial charge < -0.3 is 14.4 Å². The van der Waals surface area contributed by atoms with E-state index in [9.17, 15) is 4.79 Å². The van der Waals surface area contributed by atoms with Gasteiger partial charge >= 0.3 is 5.97 Å². The number of ether oxygens (including phenoxy) is 2. The fourth-order valence-electron chi connectivity index (χ4n) is 2.03. The second kappa shape index (κ2) is 5.91. The summed E-state index contributed by atoms with van der Waals surface area (Å²) in [5.74, 6) is -0.412. The molecule has 1 saturated heterocycles. The lowest BCUT2D eigenvalue weighted by Crippen LogP contribution is -2.46. The first-order valence-corrected chi connectivity index (χ1v) is 6.18. The molecule has 1 fully saturated rings. The number of nitrogens with zero attached hydrogens (tertiary/aromatic N) is 2. The van der Waals surface area contributed by atoms with Crippen molar-refractivity contribution in [2.75, 3.05) is 31.7 Å². The van der Waals surface area contributed by atoms with Crippen LogP contribution in [0.1, 0.15) is 5.56 Å². The Balaban J connectivity index is 2.25. The zero-order valence-electron chi connectivity index (χ0n) is 10.4. The molecule has 0 N–H and O–H groups in total. The maximum atomic E-state index is 11.5. The van der Waals surface area contributed by atoms with Crippen molar-refractivity contribution in [3.05, 3.63) is 28.8 Å². The average Bonchev–Trinajstić information content (AvgIpc) is 2.46. The number of carbonyl (C=O) groups excluding carboxylic acids is 1. The molecule has 0 aliphatic carbocycles. The predicted octanol–water partition coefficient (Wildman–Crippen LogP) is 1.59. The molecule has 1 atom stereocenters. The van der Waals surface area contributed by atoms with Crippen LogP contribution in [0.5, 0.6) is 0 Å². The van der Waals surface area contributed by atoms with E-state index in [2.05, 4.69) is 10.8 Å². The van der Waals surface area contributed by atoms with Gasteiger partial charge in [-0.15, -0.1) is 0 Å². The second-order valence-corrected chi connectivity index (χ2v) is 4.48. The number of nitriles is 1. The molecule has 1 unspecified atom stereocenters. The third-order valence-corrected chi connectivity index (χ3v) is 3.29. The zero-order chi connectivity index (χ0) is 13.8. The first-order chi connectivity index (χ1) is 9.17. The molecule has 6 heteroatoms. The average molecular weight is 281 g/mol. The van der Waals surface area contributed by atoms with Gasteiger partial charge in [0.05, 0.1) is 36.5 Å². The fourth-order valence-corrected chi connectivity index (χ4v) is 2.24. The van der Waals surface area contributed by atoms with E-state index in [0.717, 1.165) is 0 Å². The Morgan fingerprint density at radius 3 is 3.11 bits per heavy atom. The normalized spacial score (nSPS) is 18.8. The Morgan fingerprint density at radius 1 is 1.63 bits per heavy atom. The topological polar surface area (TPSA) is 62.6 Å². The number of carbonyl (C=O) groups is 1. The number of halogens is 1. The van der Waals surface area contributed by atoms with Gasteiger partial charge in [0.15, 0.2) is 6.10 Å². The lowest BCUT2D eigenvalue weighted by Gasteiger charge is -2.33. The molecule has 0 radical (unpaired) electrons. The van der Waals surface area contributed by atoms with Gasteiger partial charge in [-0.25, -0.2) is 4.79 Å². The number of hydrogen-bond acceptors (Lipinski definition) is 5. The van der Waals surface area contributed by atoms with Crippen molar-refractivity contribution in [1.29, 1.82) is 5.26 Å². The summed E-state index contributed by atoms with van der Waals surface area (Å²) < 4.78 is 10.0. The summed E-state index contributed by atoms with van der Waals surface area (Å²) in [6, 6.07) is 7.35. The van der Waals surface area contributed by atoms with Gasteiger partial charge in [0.25, 0.3) is 0 Å². The third-order valence-electron chi connectivity index (χ3n) is 2.97. The van der Waals surface area contributed by atoms with E-state index in [1.807, 2.05) is 11.0 Å². The molecule has 100 valence electrons. The monoisotopic (exact) mass is 280 g/mol. The Labute approximate surface area is 116 Å². The number of methoxy groups -OCH3 is 1. The van der Waals surface area contributed by atoms with E-state index in [4.69, 9.17) is 21.6 Å². The number of hydrogen-bond donors (Lipinski definition) is 0. The standard InChI is InChI=1S/C13H13ClN2O3/c1-18-13(17)12-8-16(5-6-19-12)11-4-2-3-10(14)9(11)7-15/h2-4,12H,5-6,8H2,1H3. The molecule has 2 rings (SSSR count). The molecule has 0 aromatic heterocycles. The van der Waals surface area contributed by atoms with E-state index in [1.165, 1.54) is 7.11 Å². The van der Waals surface area contributed by atoms with Gasteiger partial charge in [-0.1, -0.05) is 17.7 Å². The minimum Gasteiger partial charge on any atom is -0.467 e. The molecule has 1 aromatic carbocycles. The first kappa shape index (κ1) is 13.7. The van der Waals surface area contributed by atoms with Crippen LogP contribution in [0.25, 0.3) is 0 Å². The highest BCUT2D eigenvalue weighted by molar-refractivity contribution is 6.32. The van der Waals surface area contributed by atoms with E-state index >= 15 is 0 Å². The molecule has 19 heavy (non-hydrogen) atoms. The maximum absolute atomic E-state index is 11.5. The van der Waals surface area contributed by atoms with Crippen LogP contribution in [0, 0.1) is 11.3 Å². The Bertz CT molecular complexity index is 527. The Morgan fingerprint density at radius 2 is 2.42 bits per heavy atom. The van der Waals surface area contributed by atoms with Crippen LogP contribution in [-0.2, 0) is 14.3 Å². The summed E-state index contributed by atoms with van der Waals surface area (Å²) in [5, 5.41) is 9.57. The van der Waals surface area contributed by atoms with Gasteiger partial charge in [-0.05, 0) is 12.1 Å². The van der Waals surface area contributed by atoms with Crippen molar-refractivity contribution < 1.29 is 14.3 Å². The molecule has 1 heterocycles. The number of morpholine rings is 1. The Hall–Kier alpha value is -1.77. The van der Waals surface area contributed by atoms with E-state index in [0.29, 0.717) is 36.0 Å². The van der Waals surface area contributed by atoms with E-state index in [-0.39, 0.29) is 0 Å². The fraction of sp³-hybridized carbons (Fsp3) is 0.385. The summed E-state index contributed by atoms with van der Waals surface area (Å²) in [5.41, 5.74) is 1.13. The van der Waals surface area contributed by atoms with Crippen LogP contribution in [0.3, 0.4) is 0 Å². The molecule has 0 saturated carbocycles. The van der Waals surface area contributed by atoms with Crippen molar-refractivity contribution in [2.24, 2.45) is 0 Å². The number of esters is 1. The highest BCUT2D eigenvalue weighted by Crippen LogP contribution is 2.28. The summed E-state index contributed by atoms with van der Waals surface area (Å²) in [6.07, 6.45) is -0.635. The number of anilines is 1. The highest BCUT2D eigenvalue weighted by Gasteiger charge is 2.28. The highest BCUT2D eigenvalue weighted by atomic mass is 35.5. The molecule has 1 aliphatic rings. The van der Waals surface area contributed by atoms with Crippen molar-refractivity contribution in [3.8, 4) is 6.07 Å². The molecule has 1 aromatic rings. The summed E-state index contributed by atoms with van der Waals surface area (Å²) in [7, 11) is 1.32. The number of rotatable bonds is 2. The smallest absolute Gasteiger partial charge is 0.336 e. The predicted molar refractivity (Wildman–Crippen MR) is 70.1 cm³/mol. The molecule has 1 aliphatic heterocycles. The second-order valence-electron chi connectivity index (χ2n) is 4.07. The Kier molecular flexibility index (Phi) is 4.25. The molecule has 0 amide bonds. The summed E-state index contributed by atoms with van der Waals surface area (Å²) >= 11 is 6.00. The first-order valence-electron chi connectivity index (χ1n) is 5.80. The van der Waals surface area contributed by atoms with Crippen molar-refractivity contribution in [1.82, 2.24) is 0 Å². The quantitative estimate of drug-likeness (QED) is 0.770. The van der Waals surface area contributed by atoms with Crippen LogP contribution >= 0.6 is 11.6 Å². The van der Waals surface area contributed by atoms with E-state index in [1.54, 1.807) is 12.1 Å². The molecule has 0 bridgehead atoms. The van der Waals surface area contributed by atoms with Crippen molar-refractivity contribution >= 4 is 23.3 Å². The minimum absolute atomic E-state index is 0.349. The summed E-state index contributed by atoms with van der Waals surface area (Å²) in [6.45, 7) is 1.35. The molecular formula is C13H13ClN2O3. The van der Waals surface area contributed by atoms with Crippen LogP contribution < -0.4 is 4.90 Å². The summed E-state index contributed by atoms with van der Waals surface area (Å²) in [4.78, 5) is 13.4. The lowest BCUT2D eigenvalue weighted by atomic mass is 10.1. The van der Waals surface area contributed by atoms with Crippen LogP contribution in [0.15, 0.2) is 18.2 Å².